The fourth-order valence-corrected chi connectivity index (χ4v) is 11.7. The maximum absolute atomic E-state index is 13.1. The normalized spacial score (nSPS) is 14.7. The van der Waals surface area contributed by atoms with E-state index in [1.54, 1.807) is 0 Å². The number of aliphatic hydroxyl groups is 1. The number of carbonyl (C=O) groups is 4. The molecule has 0 bridgehead atoms. The van der Waals surface area contributed by atoms with E-state index < -0.39 is 97.5 Å². The van der Waals surface area contributed by atoms with E-state index in [4.69, 9.17) is 37.0 Å². The average Bonchev–Trinajstić information content (AvgIpc) is 1.21. The summed E-state index contributed by atoms with van der Waals surface area (Å²) >= 11 is 0. The Morgan fingerprint density at radius 2 is 0.471 bits per heavy atom. The van der Waals surface area contributed by atoms with Crippen molar-refractivity contribution in [3.05, 3.63) is 158 Å². The number of esters is 4. The summed E-state index contributed by atoms with van der Waals surface area (Å²) in [5.74, 6) is -2.27. The van der Waals surface area contributed by atoms with Crippen LogP contribution in [-0.2, 0) is 65.4 Å². The van der Waals surface area contributed by atoms with Gasteiger partial charge in [0.25, 0.3) is 0 Å². The van der Waals surface area contributed by atoms with Gasteiger partial charge in [-0.2, -0.15) is 0 Å². The first kappa shape index (κ1) is 98.7. The molecule has 19 heteroatoms. The third-order valence-corrected chi connectivity index (χ3v) is 17.9. The van der Waals surface area contributed by atoms with Crippen molar-refractivity contribution in [2.75, 3.05) is 39.6 Å². The zero-order chi connectivity index (χ0) is 76.0. The van der Waals surface area contributed by atoms with Gasteiger partial charge >= 0.3 is 39.5 Å². The van der Waals surface area contributed by atoms with Crippen LogP contribution in [0.1, 0.15) is 297 Å². The highest BCUT2D eigenvalue weighted by Crippen LogP contribution is 2.45. The topological polar surface area (TPSA) is 237 Å². The molecule has 5 unspecified atom stereocenters. The lowest BCUT2D eigenvalue weighted by Gasteiger charge is -2.21. The summed E-state index contributed by atoms with van der Waals surface area (Å²) in [4.78, 5) is 73.0. The molecule has 0 amide bonds. The minimum Gasteiger partial charge on any atom is -0.462 e. The number of phosphoric acid groups is 2. The highest BCUT2D eigenvalue weighted by Gasteiger charge is 2.30. The number of unbranched alkanes of at least 4 members (excludes halogenated alkanes) is 21. The molecule has 0 aromatic carbocycles. The van der Waals surface area contributed by atoms with E-state index in [1.807, 2.05) is 0 Å². The van der Waals surface area contributed by atoms with Crippen LogP contribution >= 0.6 is 15.6 Å². The van der Waals surface area contributed by atoms with Crippen molar-refractivity contribution in [1.82, 2.24) is 0 Å². The van der Waals surface area contributed by atoms with Crippen LogP contribution in [0.15, 0.2) is 158 Å². The van der Waals surface area contributed by atoms with Gasteiger partial charge in [0.05, 0.1) is 26.4 Å². The third-order valence-electron chi connectivity index (χ3n) is 16.0. The summed E-state index contributed by atoms with van der Waals surface area (Å²) in [7, 11) is -9.99. The number of rotatable bonds is 73. The van der Waals surface area contributed by atoms with E-state index in [9.17, 15) is 43.2 Å². The molecule has 0 aliphatic rings. The van der Waals surface area contributed by atoms with E-state index in [0.717, 1.165) is 212 Å². The summed E-state index contributed by atoms with van der Waals surface area (Å²) in [5, 5.41) is 10.6. The quantitative estimate of drug-likeness (QED) is 0.0169. The van der Waals surface area contributed by atoms with Crippen molar-refractivity contribution in [2.24, 2.45) is 0 Å². The number of allylic oxidation sites excluding steroid dienone is 26. The average molecular weight is 1500 g/mol. The van der Waals surface area contributed by atoms with E-state index in [-0.39, 0.29) is 25.7 Å². The molecular weight excluding hydrogens is 1350 g/mol. The molecule has 17 nitrogen and oxygen atoms in total. The molecule has 0 saturated heterocycles. The van der Waals surface area contributed by atoms with Gasteiger partial charge in [-0.25, -0.2) is 9.13 Å². The number of hydrogen-bond donors (Lipinski definition) is 3. The first-order chi connectivity index (χ1) is 50.7. The lowest BCUT2D eigenvalue weighted by atomic mass is 10.1. The van der Waals surface area contributed by atoms with Gasteiger partial charge in [0.15, 0.2) is 12.2 Å². The lowest BCUT2D eigenvalue weighted by molar-refractivity contribution is -0.161. The molecular formula is C85H140O17P2. The Bertz CT molecular complexity index is 2590. The molecule has 0 saturated carbocycles. The fourth-order valence-electron chi connectivity index (χ4n) is 10.1. The van der Waals surface area contributed by atoms with Crippen molar-refractivity contribution < 1.29 is 80.2 Å². The number of ether oxygens (including phenoxy) is 4. The van der Waals surface area contributed by atoms with Crippen LogP contribution in [0, 0.1) is 0 Å². The van der Waals surface area contributed by atoms with Crippen molar-refractivity contribution in [3.63, 3.8) is 0 Å². The Morgan fingerprint density at radius 3 is 0.740 bits per heavy atom. The maximum atomic E-state index is 13.1. The number of hydrogen-bond acceptors (Lipinski definition) is 15. The van der Waals surface area contributed by atoms with Crippen molar-refractivity contribution >= 4 is 39.5 Å². The Kier molecular flexibility index (Phi) is 72.0. The van der Waals surface area contributed by atoms with Crippen LogP contribution in [0.2, 0.25) is 0 Å². The molecule has 0 heterocycles. The minimum atomic E-state index is -5.00. The highest BCUT2D eigenvalue weighted by molar-refractivity contribution is 7.47. The largest absolute Gasteiger partial charge is 0.472 e. The van der Waals surface area contributed by atoms with Crippen LogP contribution in [0.25, 0.3) is 0 Å². The van der Waals surface area contributed by atoms with E-state index >= 15 is 0 Å². The molecule has 0 aliphatic heterocycles. The molecule has 0 radical (unpaired) electrons. The summed E-state index contributed by atoms with van der Waals surface area (Å²) in [6.45, 7) is 4.34. The van der Waals surface area contributed by atoms with Gasteiger partial charge in [-0.1, -0.05) is 269 Å². The van der Waals surface area contributed by atoms with Crippen molar-refractivity contribution in [1.29, 1.82) is 0 Å². The molecule has 0 spiro atoms. The molecule has 104 heavy (non-hydrogen) atoms. The van der Waals surface area contributed by atoms with Crippen molar-refractivity contribution in [3.8, 4) is 0 Å². The van der Waals surface area contributed by atoms with E-state index in [0.29, 0.717) is 32.1 Å². The molecule has 0 rings (SSSR count). The zero-order valence-electron chi connectivity index (χ0n) is 64.6. The summed E-state index contributed by atoms with van der Waals surface area (Å²) < 4.78 is 68.6. The van der Waals surface area contributed by atoms with Gasteiger partial charge in [0.1, 0.15) is 19.3 Å². The summed E-state index contributed by atoms with van der Waals surface area (Å²) in [5.41, 5.74) is 0. The van der Waals surface area contributed by atoms with E-state index in [2.05, 4.69) is 186 Å². The first-order valence-corrected chi connectivity index (χ1v) is 42.7. The zero-order valence-corrected chi connectivity index (χ0v) is 66.4. The second-order valence-corrected chi connectivity index (χ2v) is 28.7. The van der Waals surface area contributed by atoms with Crippen LogP contribution in [0.4, 0.5) is 0 Å². The third kappa shape index (κ3) is 74.9. The smallest absolute Gasteiger partial charge is 0.462 e. The molecule has 0 aromatic heterocycles. The van der Waals surface area contributed by atoms with Gasteiger partial charge in [-0.05, 0) is 161 Å². The van der Waals surface area contributed by atoms with Gasteiger partial charge in [-0.15, -0.1) is 0 Å². The van der Waals surface area contributed by atoms with Gasteiger partial charge in [0, 0.05) is 25.7 Å². The van der Waals surface area contributed by atoms with Gasteiger partial charge in [0.2, 0.25) is 0 Å². The highest BCUT2D eigenvalue weighted by atomic mass is 31.2. The van der Waals surface area contributed by atoms with E-state index in [1.165, 1.54) is 0 Å². The first-order valence-electron chi connectivity index (χ1n) is 39.7. The van der Waals surface area contributed by atoms with Crippen LogP contribution in [0.3, 0.4) is 0 Å². The maximum Gasteiger partial charge on any atom is 0.472 e. The number of carbonyl (C=O) groups excluding carboxylic acids is 4. The van der Waals surface area contributed by atoms with Crippen molar-refractivity contribution in [2.45, 2.75) is 316 Å². The van der Waals surface area contributed by atoms with Gasteiger partial charge in [-0.3, -0.25) is 37.3 Å². The number of aliphatic hydroxyl groups excluding tert-OH is 1. The Labute approximate surface area is 629 Å². The second kappa shape index (κ2) is 75.9. The Balaban J connectivity index is 5.43. The predicted molar refractivity (Wildman–Crippen MR) is 427 cm³/mol. The molecule has 0 aromatic rings. The Morgan fingerprint density at radius 1 is 0.269 bits per heavy atom. The SMILES string of the molecule is CC/C=C\C/C=C\C/C=C\C/C=C\CCCCC(=O)OC(COC(=O)CCCCCCCCC/C=C\C/C=C\C/C=C\CC)COP(=O)(O)OCC(O)COP(=O)(O)OCC(COC(=O)CCCCCCCCC/C=C\C/C=C\C/C=C\CC)OC(=O)CCCCCCC/C=C\C/C=C\C/C=C\CC. The van der Waals surface area contributed by atoms with Crippen LogP contribution < -0.4 is 0 Å². The predicted octanol–water partition coefficient (Wildman–Crippen LogP) is 23.2. The molecule has 5 atom stereocenters. The van der Waals surface area contributed by atoms with Crippen LogP contribution in [-0.4, -0.2) is 96.7 Å². The summed E-state index contributed by atoms with van der Waals surface area (Å²) in [6, 6.07) is 0. The molecule has 0 aliphatic carbocycles. The summed E-state index contributed by atoms with van der Waals surface area (Å²) in [6.07, 6.45) is 87.9. The lowest BCUT2D eigenvalue weighted by Crippen LogP contribution is -2.30. The van der Waals surface area contributed by atoms with Crippen LogP contribution in [0.5, 0.6) is 0 Å². The van der Waals surface area contributed by atoms with Gasteiger partial charge < -0.3 is 33.8 Å². The molecule has 3 N–H and O–H groups in total. The monoisotopic (exact) mass is 1490 g/mol. The molecule has 0 fully saturated rings. The molecule has 592 valence electrons. The standard InChI is InChI=1S/C85H140O17P2/c1-5-9-13-17-21-25-29-33-37-39-43-45-49-53-57-61-65-69-82(87)95-75-80(101-84(89)71-67-63-59-55-51-47-41-35-31-27-23-19-15-11-7-3)77-99-103(91,92)97-73-79(86)74-98-104(93,94)100-78-81(102-85(90)72-68-64-60-56-52-48-42-36-32-28-24-20-16-12-8-4)76-96-83(88)70-66-62-58-54-50-46-44-40-38-34-30-26-22-18-14-10-6-2/h9-16,21-28,33-38,41-42,51,55,79-81,86H,5-8,17-20,29-32,39-40,43-50,52-54,56-78H2,1-4H3,(H,91,92)(H,93,94)/b13-9-,14-10-,15-11-,16-12-,25-21-,26-22-,27-23-,28-24-,37-33-,38-34-,41-35-,42-36-,55-51-. The number of phosphoric ester groups is 2. The second-order valence-electron chi connectivity index (χ2n) is 25.8. The fraction of sp³-hybridized carbons (Fsp3) is 0.647. The Hall–Kier alpha value is -5.32. The minimum absolute atomic E-state index is 0.0353.